The van der Waals surface area contributed by atoms with Gasteiger partial charge in [-0.25, -0.2) is 13.2 Å². The molecule has 9 heteroatoms. The maximum absolute atomic E-state index is 12.3. The smallest absolute Gasteiger partial charge is 0.319 e. The van der Waals surface area contributed by atoms with E-state index in [1.807, 2.05) is 12.1 Å². The number of hydrogen-bond donors (Lipinski definition) is 3. The fraction of sp³-hybridized carbons (Fsp3) is 0.263. The normalized spacial score (nSPS) is 17.7. The molecule has 1 fully saturated rings. The number of anilines is 1. The van der Waals surface area contributed by atoms with Crippen LogP contribution in [0, 0.1) is 0 Å². The maximum Gasteiger partial charge on any atom is 0.319 e. The minimum atomic E-state index is -3.07. The molecule has 1 aliphatic rings. The van der Waals surface area contributed by atoms with Gasteiger partial charge in [-0.3, -0.25) is 4.79 Å². The summed E-state index contributed by atoms with van der Waals surface area (Å²) in [5, 5.41) is 8.71. The second-order valence-electron chi connectivity index (χ2n) is 6.59. The Labute approximate surface area is 168 Å². The fourth-order valence-electron chi connectivity index (χ4n) is 2.89. The van der Waals surface area contributed by atoms with Crippen molar-refractivity contribution in [1.29, 1.82) is 0 Å². The van der Waals surface area contributed by atoms with Crippen molar-refractivity contribution in [3.05, 3.63) is 64.7 Å². The Morgan fingerprint density at radius 1 is 1.11 bits per heavy atom. The van der Waals surface area contributed by atoms with Gasteiger partial charge in [-0.2, -0.15) is 0 Å². The van der Waals surface area contributed by atoms with Crippen LogP contribution in [0.1, 0.15) is 22.3 Å². The van der Waals surface area contributed by atoms with Gasteiger partial charge >= 0.3 is 6.03 Å². The van der Waals surface area contributed by atoms with Crippen molar-refractivity contribution in [2.24, 2.45) is 0 Å². The van der Waals surface area contributed by atoms with Crippen LogP contribution in [0.3, 0.4) is 0 Å². The summed E-state index contributed by atoms with van der Waals surface area (Å²) in [6.07, 6.45) is 0.406. The minimum Gasteiger partial charge on any atom is -0.348 e. The van der Waals surface area contributed by atoms with E-state index in [2.05, 4.69) is 16.0 Å². The van der Waals surface area contributed by atoms with Gasteiger partial charge in [0.25, 0.3) is 5.91 Å². The van der Waals surface area contributed by atoms with Crippen molar-refractivity contribution in [2.45, 2.75) is 19.0 Å². The van der Waals surface area contributed by atoms with Crippen LogP contribution in [-0.2, 0) is 16.4 Å². The first kappa shape index (κ1) is 20.2. The molecule has 2 aromatic carbocycles. The Kier molecular flexibility index (Phi) is 6.21. The van der Waals surface area contributed by atoms with Gasteiger partial charge in [0.15, 0.2) is 9.84 Å². The molecule has 3 amide bonds. The zero-order valence-corrected chi connectivity index (χ0v) is 16.5. The maximum atomic E-state index is 12.3. The molecule has 1 heterocycles. The van der Waals surface area contributed by atoms with E-state index in [1.165, 1.54) is 0 Å². The van der Waals surface area contributed by atoms with Crippen molar-refractivity contribution in [3.63, 3.8) is 0 Å². The van der Waals surface area contributed by atoms with Crippen molar-refractivity contribution >= 4 is 39.1 Å². The first-order valence-corrected chi connectivity index (χ1v) is 10.9. The van der Waals surface area contributed by atoms with Gasteiger partial charge in [0.1, 0.15) is 0 Å². The average molecular weight is 422 g/mol. The zero-order chi connectivity index (χ0) is 20.1. The molecule has 2 aromatic rings. The highest BCUT2D eigenvalue weighted by molar-refractivity contribution is 7.91. The highest BCUT2D eigenvalue weighted by Crippen LogP contribution is 2.14. The van der Waals surface area contributed by atoms with Crippen LogP contribution in [0.15, 0.2) is 48.5 Å². The van der Waals surface area contributed by atoms with Gasteiger partial charge < -0.3 is 16.0 Å². The van der Waals surface area contributed by atoms with E-state index < -0.39 is 21.9 Å². The molecule has 1 saturated heterocycles. The molecule has 7 nitrogen and oxygen atoms in total. The Bertz CT molecular complexity index is 977. The lowest BCUT2D eigenvalue weighted by Gasteiger charge is -2.13. The number of rotatable bonds is 5. The van der Waals surface area contributed by atoms with E-state index in [0.717, 1.165) is 5.56 Å². The summed E-state index contributed by atoms with van der Waals surface area (Å²) >= 11 is 5.84. The van der Waals surface area contributed by atoms with Crippen molar-refractivity contribution < 1.29 is 18.0 Å². The first-order chi connectivity index (χ1) is 13.3. The molecular formula is C19H20ClN3O4S. The lowest BCUT2D eigenvalue weighted by atomic mass is 10.1. The summed E-state index contributed by atoms with van der Waals surface area (Å²) in [4.78, 5) is 24.4. The predicted molar refractivity (Wildman–Crippen MR) is 108 cm³/mol. The Morgan fingerprint density at radius 2 is 1.86 bits per heavy atom. The van der Waals surface area contributed by atoms with E-state index in [0.29, 0.717) is 29.2 Å². The third kappa shape index (κ3) is 5.71. The number of carbonyl (C=O) groups excluding carboxylic acids is 2. The monoisotopic (exact) mass is 421 g/mol. The van der Waals surface area contributed by atoms with Crippen molar-refractivity contribution in [2.75, 3.05) is 16.8 Å². The molecular weight excluding hydrogens is 402 g/mol. The third-order valence-electron chi connectivity index (χ3n) is 4.32. The molecule has 0 saturated carbocycles. The quantitative estimate of drug-likeness (QED) is 0.690. The van der Waals surface area contributed by atoms with Crippen molar-refractivity contribution in [3.8, 4) is 0 Å². The lowest BCUT2D eigenvalue weighted by molar-refractivity contribution is 0.0951. The number of benzene rings is 2. The molecule has 28 heavy (non-hydrogen) atoms. The van der Waals surface area contributed by atoms with Crippen LogP contribution < -0.4 is 16.0 Å². The summed E-state index contributed by atoms with van der Waals surface area (Å²) in [6.45, 7) is 0.351. The molecule has 0 radical (unpaired) electrons. The molecule has 3 N–H and O–H groups in total. The summed E-state index contributed by atoms with van der Waals surface area (Å²) < 4.78 is 22.9. The molecule has 3 rings (SSSR count). The highest BCUT2D eigenvalue weighted by atomic mass is 35.5. The van der Waals surface area contributed by atoms with Gasteiger partial charge in [-0.1, -0.05) is 29.8 Å². The Balaban J connectivity index is 1.54. The van der Waals surface area contributed by atoms with Crippen LogP contribution in [0.5, 0.6) is 0 Å². The fourth-order valence-corrected chi connectivity index (χ4v) is 4.69. The van der Waals surface area contributed by atoms with Crippen LogP contribution in [-0.4, -0.2) is 37.9 Å². The number of sulfone groups is 1. The number of amides is 3. The predicted octanol–water partition coefficient (Wildman–Crippen LogP) is 2.58. The van der Waals surface area contributed by atoms with Gasteiger partial charge in [0.2, 0.25) is 0 Å². The van der Waals surface area contributed by atoms with E-state index in [1.54, 1.807) is 36.4 Å². The topological polar surface area (TPSA) is 104 Å². The van der Waals surface area contributed by atoms with Gasteiger partial charge in [0, 0.05) is 28.9 Å². The number of urea groups is 1. The summed E-state index contributed by atoms with van der Waals surface area (Å²) in [7, 11) is -3.07. The summed E-state index contributed by atoms with van der Waals surface area (Å²) in [6, 6.07) is 12.8. The molecule has 148 valence electrons. The zero-order valence-electron chi connectivity index (χ0n) is 14.9. The lowest BCUT2D eigenvalue weighted by Crippen LogP contribution is -2.38. The second-order valence-corrected chi connectivity index (χ2v) is 9.25. The van der Waals surface area contributed by atoms with Gasteiger partial charge in [0.05, 0.1) is 11.5 Å². The highest BCUT2D eigenvalue weighted by Gasteiger charge is 2.28. The number of hydrogen-bond acceptors (Lipinski definition) is 4. The van der Waals surface area contributed by atoms with Gasteiger partial charge in [-0.15, -0.1) is 0 Å². The second kappa shape index (κ2) is 8.62. The molecule has 0 aromatic heterocycles. The van der Waals surface area contributed by atoms with Crippen LogP contribution in [0.25, 0.3) is 0 Å². The Hall–Kier alpha value is -2.58. The van der Waals surface area contributed by atoms with Crippen LogP contribution in [0.2, 0.25) is 5.02 Å². The molecule has 1 aliphatic heterocycles. The number of nitrogens with one attached hydrogen (secondary N) is 3. The largest absolute Gasteiger partial charge is 0.348 e. The standard InChI is InChI=1S/C19H20ClN3O4S/c20-15-6-4-13(5-7-15)11-21-18(24)14-2-1-3-16(10-14)22-19(25)23-17-8-9-28(26,27)12-17/h1-7,10,17H,8-9,11-12H2,(H,21,24)(H2,22,23,25)/t17-/m0/s1. The third-order valence-corrected chi connectivity index (χ3v) is 6.34. The summed E-state index contributed by atoms with van der Waals surface area (Å²) in [5.74, 6) is -0.240. The van der Waals surface area contributed by atoms with Crippen LogP contribution >= 0.6 is 11.6 Å². The van der Waals surface area contributed by atoms with E-state index >= 15 is 0 Å². The van der Waals surface area contributed by atoms with Crippen molar-refractivity contribution in [1.82, 2.24) is 10.6 Å². The van der Waals surface area contributed by atoms with Crippen LogP contribution in [0.4, 0.5) is 10.5 Å². The van der Waals surface area contributed by atoms with E-state index in [4.69, 9.17) is 11.6 Å². The molecule has 0 spiro atoms. The minimum absolute atomic E-state index is 0.0481. The molecule has 1 atom stereocenters. The van der Waals surface area contributed by atoms with E-state index in [-0.39, 0.29) is 17.4 Å². The first-order valence-electron chi connectivity index (χ1n) is 8.71. The average Bonchev–Trinajstić information content (AvgIpc) is 2.99. The van der Waals surface area contributed by atoms with E-state index in [9.17, 15) is 18.0 Å². The molecule has 0 aliphatic carbocycles. The SMILES string of the molecule is O=C(Nc1cccc(C(=O)NCc2ccc(Cl)cc2)c1)N[C@H]1CCS(=O)(=O)C1. The molecule has 0 unspecified atom stereocenters. The molecule has 0 bridgehead atoms. The summed E-state index contributed by atoms with van der Waals surface area (Å²) in [5.41, 5.74) is 1.76. The number of halogens is 1. The Morgan fingerprint density at radius 3 is 2.54 bits per heavy atom. The number of carbonyl (C=O) groups is 2. The van der Waals surface area contributed by atoms with Gasteiger partial charge in [-0.05, 0) is 42.3 Å².